The van der Waals surface area contributed by atoms with Crippen molar-refractivity contribution in [1.82, 2.24) is 15.5 Å². The Hall–Kier alpha value is -2.37. The number of amides is 3. The van der Waals surface area contributed by atoms with Crippen LogP contribution in [0.5, 0.6) is 0 Å². The molecule has 2 N–H and O–H groups in total. The van der Waals surface area contributed by atoms with Gasteiger partial charge in [0.2, 0.25) is 5.91 Å². The van der Waals surface area contributed by atoms with Crippen LogP contribution in [0.15, 0.2) is 30.3 Å². The van der Waals surface area contributed by atoms with Crippen LogP contribution >= 0.6 is 0 Å². The quantitative estimate of drug-likeness (QED) is 0.722. The lowest BCUT2D eigenvalue weighted by Gasteiger charge is -2.35. The first kappa shape index (κ1) is 21.3. The number of carbonyl (C=O) groups is 3. The molecule has 1 aromatic rings. The Morgan fingerprint density at radius 2 is 1.38 bits per heavy atom. The van der Waals surface area contributed by atoms with Crippen LogP contribution in [-0.4, -0.2) is 40.7 Å². The summed E-state index contributed by atoms with van der Waals surface area (Å²) in [6.07, 6.45) is 8.11. The molecule has 6 heteroatoms. The van der Waals surface area contributed by atoms with Gasteiger partial charge in [0.15, 0.2) is 0 Å². The van der Waals surface area contributed by atoms with E-state index in [1.54, 1.807) is 0 Å². The minimum atomic E-state index is -0.821. The first-order valence-electron chi connectivity index (χ1n) is 11.0. The van der Waals surface area contributed by atoms with Crippen molar-refractivity contribution in [2.45, 2.75) is 89.4 Å². The van der Waals surface area contributed by atoms with Crippen LogP contribution in [0.2, 0.25) is 0 Å². The van der Waals surface area contributed by atoms with E-state index in [1.165, 1.54) is 4.90 Å². The van der Waals surface area contributed by atoms with Crippen LogP contribution < -0.4 is 10.6 Å². The minimum absolute atomic E-state index is 0.0583. The summed E-state index contributed by atoms with van der Waals surface area (Å²) in [5.74, 6) is -1.46. The minimum Gasteiger partial charge on any atom is -0.351 e. The van der Waals surface area contributed by atoms with Gasteiger partial charge in [0.1, 0.15) is 6.04 Å². The summed E-state index contributed by atoms with van der Waals surface area (Å²) >= 11 is 0. The highest BCUT2D eigenvalue weighted by Crippen LogP contribution is 2.26. The van der Waals surface area contributed by atoms with Crippen molar-refractivity contribution in [2.75, 3.05) is 0 Å². The van der Waals surface area contributed by atoms with E-state index < -0.39 is 17.9 Å². The van der Waals surface area contributed by atoms with E-state index in [4.69, 9.17) is 0 Å². The molecule has 2 aliphatic carbocycles. The third kappa shape index (κ3) is 5.37. The first-order valence-corrected chi connectivity index (χ1v) is 11.0. The number of nitrogens with one attached hydrogen (secondary N) is 2. The number of benzene rings is 1. The average Bonchev–Trinajstić information content (AvgIpc) is 3.40. The molecule has 0 unspecified atom stereocenters. The zero-order valence-electron chi connectivity index (χ0n) is 17.5. The summed E-state index contributed by atoms with van der Waals surface area (Å²) < 4.78 is 0. The third-order valence-electron chi connectivity index (χ3n) is 6.02. The largest absolute Gasteiger partial charge is 0.351 e. The predicted molar refractivity (Wildman–Crippen MR) is 112 cm³/mol. The van der Waals surface area contributed by atoms with E-state index in [2.05, 4.69) is 10.6 Å². The summed E-state index contributed by atoms with van der Waals surface area (Å²) in [7, 11) is 0. The zero-order chi connectivity index (χ0) is 20.8. The second-order valence-electron chi connectivity index (χ2n) is 8.56. The number of hydrogen-bond donors (Lipinski definition) is 2. The van der Waals surface area contributed by atoms with Gasteiger partial charge in [-0.1, -0.05) is 56.0 Å². The molecule has 1 atom stereocenters. The molecule has 0 spiro atoms. The second kappa shape index (κ2) is 9.90. The van der Waals surface area contributed by atoms with Crippen LogP contribution in [0.1, 0.15) is 76.8 Å². The van der Waals surface area contributed by atoms with Gasteiger partial charge in [0, 0.05) is 18.1 Å². The van der Waals surface area contributed by atoms with E-state index in [1.807, 2.05) is 44.2 Å². The van der Waals surface area contributed by atoms with Crippen molar-refractivity contribution in [1.29, 1.82) is 0 Å². The van der Waals surface area contributed by atoms with Crippen LogP contribution in [0.25, 0.3) is 0 Å². The Morgan fingerprint density at radius 3 is 1.90 bits per heavy atom. The van der Waals surface area contributed by atoms with Gasteiger partial charge in [-0.15, -0.1) is 0 Å². The maximum atomic E-state index is 13.3. The van der Waals surface area contributed by atoms with Crippen LogP contribution in [0, 0.1) is 0 Å². The van der Waals surface area contributed by atoms with Gasteiger partial charge in [0.05, 0.1) is 0 Å². The second-order valence-corrected chi connectivity index (χ2v) is 8.56. The summed E-state index contributed by atoms with van der Waals surface area (Å²) in [4.78, 5) is 40.6. The van der Waals surface area contributed by atoms with Gasteiger partial charge in [-0.05, 0) is 45.1 Å². The van der Waals surface area contributed by atoms with Crippen LogP contribution in [-0.2, 0) is 14.4 Å². The van der Waals surface area contributed by atoms with Crippen LogP contribution in [0.3, 0.4) is 0 Å². The van der Waals surface area contributed by atoms with E-state index in [0.717, 1.165) is 56.9 Å². The van der Waals surface area contributed by atoms with Gasteiger partial charge in [0.25, 0.3) is 0 Å². The third-order valence-corrected chi connectivity index (χ3v) is 6.02. The van der Waals surface area contributed by atoms with Crippen molar-refractivity contribution in [3.63, 3.8) is 0 Å². The van der Waals surface area contributed by atoms with E-state index in [0.29, 0.717) is 0 Å². The molecule has 1 aromatic carbocycles. The van der Waals surface area contributed by atoms with Crippen molar-refractivity contribution in [2.24, 2.45) is 0 Å². The molecular formula is C23H33N3O3. The number of carbonyl (C=O) groups excluding carboxylic acids is 3. The highest BCUT2D eigenvalue weighted by molar-refractivity contribution is 6.35. The lowest BCUT2D eigenvalue weighted by molar-refractivity contribution is -0.152. The molecule has 6 nitrogen and oxygen atoms in total. The summed E-state index contributed by atoms with van der Waals surface area (Å²) in [6, 6.07) is 8.36. The fraction of sp³-hybridized carbons (Fsp3) is 0.609. The topological polar surface area (TPSA) is 78.5 Å². The highest BCUT2D eigenvalue weighted by Gasteiger charge is 2.37. The first-order chi connectivity index (χ1) is 14.0. The normalized spacial score (nSPS) is 18.6. The van der Waals surface area contributed by atoms with Gasteiger partial charge in [-0.25, -0.2) is 0 Å². The molecular weight excluding hydrogens is 366 g/mol. The number of hydrogen-bond acceptors (Lipinski definition) is 3. The molecule has 0 radical (unpaired) electrons. The lowest BCUT2D eigenvalue weighted by atomic mass is 10.0. The van der Waals surface area contributed by atoms with Crippen LogP contribution in [0.4, 0.5) is 0 Å². The molecule has 3 amide bonds. The molecule has 2 aliphatic rings. The molecule has 2 fully saturated rings. The lowest BCUT2D eigenvalue weighted by Crippen LogP contribution is -2.53. The highest BCUT2D eigenvalue weighted by atomic mass is 16.2. The zero-order valence-corrected chi connectivity index (χ0v) is 17.5. The van der Waals surface area contributed by atoms with Gasteiger partial charge >= 0.3 is 11.8 Å². The standard InChI is InChI=1S/C23H33N3O3/c1-16(2)26(23(29)22(28)25-19-14-8-9-15-19)20(17-10-4-3-5-11-17)21(27)24-18-12-6-7-13-18/h3-5,10-11,16,18-20H,6-9,12-15H2,1-2H3,(H,24,27)(H,25,28)/t20-/m0/s1. The molecule has 0 bridgehead atoms. The van der Waals surface area contributed by atoms with Crippen molar-refractivity contribution in [3.8, 4) is 0 Å². The Balaban J connectivity index is 1.83. The number of nitrogens with zero attached hydrogens (tertiary/aromatic N) is 1. The Labute approximate surface area is 173 Å². The van der Waals surface area contributed by atoms with Gasteiger partial charge in [-0.3, -0.25) is 14.4 Å². The molecule has 2 saturated carbocycles. The number of rotatable bonds is 6. The fourth-order valence-electron chi connectivity index (χ4n) is 4.51. The van der Waals surface area contributed by atoms with E-state index in [-0.39, 0.29) is 24.0 Å². The molecule has 0 aromatic heterocycles. The maximum absolute atomic E-state index is 13.3. The summed E-state index contributed by atoms with van der Waals surface area (Å²) in [5, 5.41) is 5.99. The van der Waals surface area contributed by atoms with Crippen molar-refractivity contribution < 1.29 is 14.4 Å². The van der Waals surface area contributed by atoms with E-state index >= 15 is 0 Å². The summed E-state index contributed by atoms with van der Waals surface area (Å²) in [6.45, 7) is 3.69. The predicted octanol–water partition coefficient (Wildman–Crippen LogP) is 3.08. The van der Waals surface area contributed by atoms with Crippen molar-refractivity contribution in [3.05, 3.63) is 35.9 Å². The SMILES string of the molecule is CC(C)N(C(=O)C(=O)NC1CCCC1)[C@H](C(=O)NC1CCCC1)c1ccccc1. The molecule has 29 heavy (non-hydrogen) atoms. The van der Waals surface area contributed by atoms with E-state index in [9.17, 15) is 14.4 Å². The average molecular weight is 400 g/mol. The fourth-order valence-corrected chi connectivity index (χ4v) is 4.51. The molecule has 158 valence electrons. The molecule has 0 heterocycles. The molecule has 0 aliphatic heterocycles. The van der Waals surface area contributed by atoms with Crippen molar-refractivity contribution >= 4 is 17.7 Å². The Morgan fingerprint density at radius 1 is 0.862 bits per heavy atom. The Kier molecular flexibility index (Phi) is 7.29. The smallest absolute Gasteiger partial charge is 0.313 e. The maximum Gasteiger partial charge on any atom is 0.313 e. The molecule has 3 rings (SSSR count). The van der Waals surface area contributed by atoms with Gasteiger partial charge in [-0.2, -0.15) is 0 Å². The summed E-state index contributed by atoms with van der Waals surface area (Å²) in [5.41, 5.74) is 0.721. The molecule has 0 saturated heterocycles. The van der Waals surface area contributed by atoms with Gasteiger partial charge < -0.3 is 15.5 Å². The Bertz CT molecular complexity index is 707. The monoisotopic (exact) mass is 399 g/mol.